The van der Waals surface area contributed by atoms with E-state index in [4.69, 9.17) is 5.26 Å². The number of phenols is 1. The molecule has 0 unspecified atom stereocenters. The summed E-state index contributed by atoms with van der Waals surface area (Å²) in [4.78, 5) is 3.79. The fourth-order valence-electron chi connectivity index (χ4n) is 0.940. The Kier molecular flexibility index (Phi) is 4.72. The highest BCUT2D eigenvalue weighted by Crippen LogP contribution is 2.35. The molecule has 8 heteroatoms. The molecule has 0 fully saturated rings. The standard InChI is InChI=1S/C9H6BrF2N3OS/c1-17-9(14-3-13)15-5-2-4(10)6(11)7(12)8(5)16/h2,16H,1H3,(H,14,15). The van der Waals surface area contributed by atoms with Crippen LogP contribution in [0.3, 0.4) is 0 Å². The highest BCUT2D eigenvalue weighted by molar-refractivity contribution is 9.10. The Labute approximate surface area is 108 Å². The van der Waals surface area contributed by atoms with Crippen LogP contribution < -0.4 is 5.32 Å². The normalized spacial score (nSPS) is 11.1. The van der Waals surface area contributed by atoms with E-state index in [2.05, 4.69) is 26.2 Å². The molecule has 0 heterocycles. The van der Waals surface area contributed by atoms with Crippen molar-refractivity contribution >= 4 is 38.5 Å². The van der Waals surface area contributed by atoms with Crippen molar-refractivity contribution < 1.29 is 13.9 Å². The summed E-state index contributed by atoms with van der Waals surface area (Å²) < 4.78 is 26.0. The number of thioether (sulfide) groups is 1. The fourth-order valence-corrected chi connectivity index (χ4v) is 1.67. The topological polar surface area (TPSA) is 68.4 Å². The summed E-state index contributed by atoms with van der Waals surface area (Å²) in [7, 11) is 0. The van der Waals surface area contributed by atoms with E-state index in [9.17, 15) is 13.9 Å². The van der Waals surface area contributed by atoms with Gasteiger partial charge in [-0.05, 0) is 28.3 Å². The van der Waals surface area contributed by atoms with Crippen molar-refractivity contribution in [3.63, 3.8) is 0 Å². The van der Waals surface area contributed by atoms with E-state index in [0.29, 0.717) is 0 Å². The van der Waals surface area contributed by atoms with Gasteiger partial charge in [0.1, 0.15) is 5.69 Å². The van der Waals surface area contributed by atoms with Crippen LogP contribution in [0.1, 0.15) is 0 Å². The number of aromatic hydroxyl groups is 1. The van der Waals surface area contributed by atoms with Gasteiger partial charge >= 0.3 is 0 Å². The monoisotopic (exact) mass is 321 g/mol. The van der Waals surface area contributed by atoms with Crippen molar-refractivity contribution in [3.8, 4) is 11.9 Å². The molecule has 0 aliphatic rings. The Hall–Kier alpha value is -1.33. The van der Waals surface area contributed by atoms with Gasteiger partial charge in [0.25, 0.3) is 0 Å². The predicted molar refractivity (Wildman–Crippen MR) is 65.1 cm³/mol. The summed E-state index contributed by atoms with van der Waals surface area (Å²) in [5, 5.41) is 20.2. The second kappa shape index (κ2) is 5.84. The number of aliphatic imine (C=N–C) groups is 1. The number of benzene rings is 1. The molecule has 0 atom stereocenters. The van der Waals surface area contributed by atoms with Crippen molar-refractivity contribution in [1.82, 2.24) is 5.32 Å². The van der Waals surface area contributed by atoms with E-state index in [0.717, 1.165) is 17.8 Å². The number of rotatable bonds is 1. The number of hydrogen-bond donors (Lipinski definition) is 2. The van der Waals surface area contributed by atoms with E-state index in [1.807, 2.05) is 0 Å². The van der Waals surface area contributed by atoms with Crippen LogP contribution in [0.15, 0.2) is 15.5 Å². The van der Waals surface area contributed by atoms with Gasteiger partial charge in [-0.25, -0.2) is 9.38 Å². The number of amidine groups is 1. The Morgan fingerprint density at radius 3 is 2.76 bits per heavy atom. The van der Waals surface area contributed by atoms with Gasteiger partial charge in [0.05, 0.1) is 4.47 Å². The molecule has 17 heavy (non-hydrogen) atoms. The number of hydrogen-bond acceptors (Lipinski definition) is 4. The molecule has 2 N–H and O–H groups in total. The second-order valence-corrected chi connectivity index (χ2v) is 4.36. The summed E-state index contributed by atoms with van der Waals surface area (Å²) in [5.74, 6) is -3.49. The van der Waals surface area contributed by atoms with Gasteiger partial charge in [-0.2, -0.15) is 9.65 Å². The third-order valence-electron chi connectivity index (χ3n) is 1.69. The number of halogens is 3. The molecule has 0 saturated carbocycles. The van der Waals surface area contributed by atoms with Gasteiger partial charge in [0.15, 0.2) is 22.9 Å². The molecule has 0 amide bonds. The van der Waals surface area contributed by atoms with Gasteiger partial charge in [-0.1, -0.05) is 11.8 Å². The lowest BCUT2D eigenvalue weighted by Crippen LogP contribution is -2.12. The van der Waals surface area contributed by atoms with Gasteiger partial charge in [-0.15, -0.1) is 0 Å². The van der Waals surface area contributed by atoms with E-state index in [1.165, 1.54) is 0 Å². The zero-order valence-corrected chi connectivity index (χ0v) is 10.9. The van der Waals surface area contributed by atoms with E-state index < -0.39 is 17.4 Å². The summed E-state index contributed by atoms with van der Waals surface area (Å²) in [5.41, 5.74) is -0.178. The van der Waals surface area contributed by atoms with Crippen molar-refractivity contribution in [2.75, 3.05) is 6.26 Å². The van der Waals surface area contributed by atoms with Crippen molar-refractivity contribution in [3.05, 3.63) is 22.2 Å². The van der Waals surface area contributed by atoms with Crippen LogP contribution in [0.5, 0.6) is 5.75 Å². The average molecular weight is 322 g/mol. The maximum absolute atomic E-state index is 13.2. The summed E-state index contributed by atoms with van der Waals surface area (Å²) in [6.45, 7) is 0. The maximum atomic E-state index is 13.2. The second-order valence-electron chi connectivity index (χ2n) is 2.71. The van der Waals surface area contributed by atoms with Crippen LogP contribution in [-0.4, -0.2) is 16.5 Å². The van der Waals surface area contributed by atoms with E-state index >= 15 is 0 Å². The van der Waals surface area contributed by atoms with Crippen LogP contribution in [0.2, 0.25) is 0 Å². The molecule has 0 radical (unpaired) electrons. The quantitative estimate of drug-likeness (QED) is 0.274. The predicted octanol–water partition coefficient (Wildman–Crippen LogP) is 2.85. The average Bonchev–Trinajstić information content (AvgIpc) is 2.32. The van der Waals surface area contributed by atoms with E-state index in [-0.39, 0.29) is 15.3 Å². The van der Waals surface area contributed by atoms with Gasteiger partial charge < -0.3 is 5.11 Å². The van der Waals surface area contributed by atoms with Gasteiger partial charge in [0, 0.05) is 0 Å². The largest absolute Gasteiger partial charge is 0.503 e. The van der Waals surface area contributed by atoms with E-state index in [1.54, 1.807) is 12.4 Å². The van der Waals surface area contributed by atoms with Crippen molar-refractivity contribution in [2.24, 2.45) is 4.99 Å². The third-order valence-corrected chi connectivity index (χ3v) is 2.85. The molecule has 0 aromatic heterocycles. The Bertz CT molecular complexity index is 516. The minimum Gasteiger partial charge on any atom is -0.503 e. The minimum absolute atomic E-state index is 0.153. The molecule has 0 spiro atoms. The van der Waals surface area contributed by atoms with Gasteiger partial charge in [-0.3, -0.25) is 5.32 Å². The molecule has 0 aliphatic heterocycles. The first-order chi connectivity index (χ1) is 8.01. The van der Waals surface area contributed by atoms with Crippen LogP contribution in [0.4, 0.5) is 14.5 Å². The first-order valence-electron chi connectivity index (χ1n) is 4.15. The smallest absolute Gasteiger partial charge is 0.203 e. The van der Waals surface area contributed by atoms with Crippen molar-refractivity contribution in [2.45, 2.75) is 0 Å². The molecule has 1 aromatic carbocycles. The maximum Gasteiger partial charge on any atom is 0.203 e. The zero-order chi connectivity index (χ0) is 13.0. The van der Waals surface area contributed by atoms with Crippen LogP contribution >= 0.6 is 27.7 Å². The fraction of sp³-hybridized carbons (Fsp3) is 0.111. The van der Waals surface area contributed by atoms with Crippen LogP contribution in [-0.2, 0) is 0 Å². The minimum atomic E-state index is -1.39. The SMILES string of the molecule is CSC(=Nc1cc(Br)c(F)c(F)c1O)NC#N. The molecule has 90 valence electrons. The van der Waals surface area contributed by atoms with Gasteiger partial charge in [0.2, 0.25) is 5.82 Å². The number of nitrogens with one attached hydrogen (secondary N) is 1. The summed E-state index contributed by atoms with van der Waals surface area (Å²) >= 11 is 3.88. The molecule has 0 saturated heterocycles. The number of nitriles is 1. The Morgan fingerprint density at radius 2 is 2.24 bits per heavy atom. The number of nitrogens with zero attached hydrogens (tertiary/aromatic N) is 2. The molecular formula is C9H6BrF2N3OS. The highest BCUT2D eigenvalue weighted by Gasteiger charge is 2.16. The molecule has 4 nitrogen and oxygen atoms in total. The van der Waals surface area contributed by atoms with Crippen LogP contribution in [0.25, 0.3) is 0 Å². The third kappa shape index (κ3) is 3.08. The summed E-state index contributed by atoms with van der Waals surface area (Å²) in [6.07, 6.45) is 3.27. The first-order valence-corrected chi connectivity index (χ1v) is 6.17. The lowest BCUT2D eigenvalue weighted by molar-refractivity contribution is 0.407. The lowest BCUT2D eigenvalue weighted by Gasteiger charge is -2.05. The Balaban J connectivity index is 3.29. The Morgan fingerprint density at radius 1 is 1.59 bits per heavy atom. The zero-order valence-electron chi connectivity index (χ0n) is 8.46. The highest BCUT2D eigenvalue weighted by atomic mass is 79.9. The summed E-state index contributed by atoms with van der Waals surface area (Å²) in [6, 6.07) is 1.11. The molecular weight excluding hydrogens is 316 g/mol. The lowest BCUT2D eigenvalue weighted by atomic mass is 10.3. The molecule has 0 aliphatic carbocycles. The molecule has 0 bridgehead atoms. The number of phenolic OH excluding ortho intramolecular Hbond substituents is 1. The van der Waals surface area contributed by atoms with Crippen molar-refractivity contribution in [1.29, 1.82) is 5.26 Å². The molecule has 1 aromatic rings. The first kappa shape index (κ1) is 13.7. The van der Waals surface area contributed by atoms with Crippen LogP contribution in [0, 0.1) is 23.1 Å². The molecule has 1 rings (SSSR count).